The van der Waals surface area contributed by atoms with Crippen molar-refractivity contribution < 1.29 is 0 Å². The Morgan fingerprint density at radius 1 is 1.13 bits per heavy atom. The first kappa shape index (κ1) is 9.52. The van der Waals surface area contributed by atoms with Gasteiger partial charge in [-0.25, -0.2) is 0 Å². The molecule has 2 aromatic rings. The van der Waals surface area contributed by atoms with Gasteiger partial charge in [0.2, 0.25) is 0 Å². The topological polar surface area (TPSA) is 42.2 Å². The zero-order chi connectivity index (χ0) is 10.7. The molecular formula is C12H13N3. The first-order valence-corrected chi connectivity index (χ1v) is 4.77. The maximum Gasteiger partial charge on any atom is 0.0642 e. The van der Waals surface area contributed by atoms with Crippen molar-refractivity contribution in [3.8, 4) is 0 Å². The Morgan fingerprint density at radius 3 is 2.60 bits per heavy atom. The number of hydrogen-bond donors (Lipinski definition) is 1. The van der Waals surface area contributed by atoms with E-state index in [1.165, 1.54) is 0 Å². The van der Waals surface area contributed by atoms with Crippen molar-refractivity contribution in [2.75, 3.05) is 17.7 Å². The summed E-state index contributed by atoms with van der Waals surface area (Å²) in [7, 11) is 1.97. The Morgan fingerprint density at radius 2 is 1.93 bits per heavy atom. The van der Waals surface area contributed by atoms with Gasteiger partial charge in [0.1, 0.15) is 0 Å². The minimum Gasteiger partial charge on any atom is -0.397 e. The van der Waals surface area contributed by atoms with E-state index in [4.69, 9.17) is 5.73 Å². The number of hydrogen-bond acceptors (Lipinski definition) is 3. The number of nitrogen functional groups attached to an aromatic ring is 1. The molecule has 0 aliphatic carbocycles. The van der Waals surface area contributed by atoms with Crippen molar-refractivity contribution in [1.29, 1.82) is 0 Å². The molecule has 76 valence electrons. The van der Waals surface area contributed by atoms with Crippen LogP contribution in [0, 0.1) is 0 Å². The summed E-state index contributed by atoms with van der Waals surface area (Å²) in [6.45, 7) is 0. The number of nitrogens with two attached hydrogens (primary N) is 1. The van der Waals surface area contributed by atoms with Gasteiger partial charge in [0, 0.05) is 13.2 Å². The van der Waals surface area contributed by atoms with Crippen LogP contribution in [0.4, 0.5) is 17.1 Å². The number of rotatable bonds is 2. The zero-order valence-corrected chi connectivity index (χ0v) is 8.59. The van der Waals surface area contributed by atoms with Gasteiger partial charge in [-0.1, -0.05) is 12.1 Å². The van der Waals surface area contributed by atoms with E-state index in [2.05, 4.69) is 4.98 Å². The molecule has 1 heterocycles. The van der Waals surface area contributed by atoms with Gasteiger partial charge < -0.3 is 10.6 Å². The summed E-state index contributed by atoms with van der Waals surface area (Å²) in [5, 5.41) is 0. The second-order valence-corrected chi connectivity index (χ2v) is 3.33. The first-order chi connectivity index (χ1) is 7.29. The van der Waals surface area contributed by atoms with Crippen LogP contribution in [-0.2, 0) is 0 Å². The van der Waals surface area contributed by atoms with Crippen LogP contribution in [0.1, 0.15) is 0 Å². The lowest BCUT2D eigenvalue weighted by Crippen LogP contribution is -2.11. The summed E-state index contributed by atoms with van der Waals surface area (Å²) in [5.74, 6) is 0. The lowest BCUT2D eigenvalue weighted by Gasteiger charge is -2.20. The molecule has 3 heteroatoms. The lowest BCUT2D eigenvalue weighted by atomic mass is 10.2. The van der Waals surface area contributed by atoms with E-state index >= 15 is 0 Å². The van der Waals surface area contributed by atoms with Crippen LogP contribution in [0.15, 0.2) is 48.8 Å². The average Bonchev–Trinajstić information content (AvgIpc) is 2.30. The molecule has 0 amide bonds. The van der Waals surface area contributed by atoms with Crippen molar-refractivity contribution in [3.63, 3.8) is 0 Å². The molecule has 0 radical (unpaired) electrons. The Hall–Kier alpha value is -2.03. The zero-order valence-electron chi connectivity index (χ0n) is 8.59. The molecule has 0 aliphatic rings. The van der Waals surface area contributed by atoms with Gasteiger partial charge in [-0.05, 0) is 24.3 Å². The highest BCUT2D eigenvalue weighted by Crippen LogP contribution is 2.27. The van der Waals surface area contributed by atoms with Gasteiger partial charge in [-0.2, -0.15) is 0 Å². The number of anilines is 3. The monoisotopic (exact) mass is 199 g/mol. The minimum absolute atomic E-state index is 0.767. The SMILES string of the molecule is CN(c1cccnc1)c1ccccc1N. The second-order valence-electron chi connectivity index (χ2n) is 3.33. The minimum atomic E-state index is 0.767. The van der Waals surface area contributed by atoms with E-state index in [0.29, 0.717) is 0 Å². The highest BCUT2D eigenvalue weighted by molar-refractivity contribution is 5.73. The molecule has 3 nitrogen and oxygen atoms in total. The van der Waals surface area contributed by atoms with Crippen molar-refractivity contribution in [3.05, 3.63) is 48.8 Å². The summed E-state index contributed by atoms with van der Waals surface area (Å²) in [6, 6.07) is 11.7. The summed E-state index contributed by atoms with van der Waals surface area (Å²) >= 11 is 0. The van der Waals surface area contributed by atoms with Gasteiger partial charge >= 0.3 is 0 Å². The predicted molar refractivity (Wildman–Crippen MR) is 63.2 cm³/mol. The van der Waals surface area contributed by atoms with Crippen molar-refractivity contribution in [2.45, 2.75) is 0 Å². The molecule has 1 aromatic heterocycles. The summed E-state index contributed by atoms with van der Waals surface area (Å²) in [5.41, 5.74) is 8.68. The predicted octanol–water partition coefficient (Wildman–Crippen LogP) is 2.43. The third-order valence-corrected chi connectivity index (χ3v) is 2.33. The third kappa shape index (κ3) is 1.91. The molecule has 2 N–H and O–H groups in total. The number of aromatic nitrogens is 1. The molecule has 0 spiro atoms. The lowest BCUT2D eigenvalue weighted by molar-refractivity contribution is 1.18. The molecular weight excluding hydrogens is 186 g/mol. The summed E-state index contributed by atoms with van der Waals surface area (Å²) < 4.78 is 0. The Kier molecular flexibility index (Phi) is 2.54. The quantitative estimate of drug-likeness (QED) is 0.755. The molecule has 0 saturated heterocycles. The van der Waals surface area contributed by atoms with E-state index < -0.39 is 0 Å². The van der Waals surface area contributed by atoms with E-state index in [-0.39, 0.29) is 0 Å². The second kappa shape index (κ2) is 4.00. The fourth-order valence-corrected chi connectivity index (χ4v) is 1.48. The fourth-order valence-electron chi connectivity index (χ4n) is 1.48. The maximum absolute atomic E-state index is 5.90. The molecule has 1 aromatic carbocycles. The van der Waals surface area contributed by atoms with Crippen molar-refractivity contribution in [2.24, 2.45) is 0 Å². The van der Waals surface area contributed by atoms with Crippen LogP contribution in [0.3, 0.4) is 0 Å². The van der Waals surface area contributed by atoms with E-state index in [0.717, 1.165) is 17.1 Å². The van der Waals surface area contributed by atoms with E-state index in [1.807, 2.05) is 54.5 Å². The molecule has 0 saturated carbocycles. The van der Waals surface area contributed by atoms with Gasteiger partial charge in [-0.15, -0.1) is 0 Å². The third-order valence-electron chi connectivity index (χ3n) is 2.33. The number of para-hydroxylation sites is 2. The fraction of sp³-hybridized carbons (Fsp3) is 0.0833. The van der Waals surface area contributed by atoms with Crippen LogP contribution in [-0.4, -0.2) is 12.0 Å². The summed E-state index contributed by atoms with van der Waals surface area (Å²) in [6.07, 6.45) is 3.57. The molecule has 0 bridgehead atoms. The smallest absolute Gasteiger partial charge is 0.0642 e. The van der Waals surface area contributed by atoms with Crippen LogP contribution in [0.2, 0.25) is 0 Å². The molecule has 15 heavy (non-hydrogen) atoms. The highest BCUT2D eigenvalue weighted by Gasteiger charge is 2.05. The molecule has 0 atom stereocenters. The first-order valence-electron chi connectivity index (χ1n) is 4.77. The standard InChI is InChI=1S/C12H13N3/c1-15(10-5-4-8-14-9-10)12-7-3-2-6-11(12)13/h2-9H,13H2,1H3. The largest absolute Gasteiger partial charge is 0.397 e. The van der Waals surface area contributed by atoms with Gasteiger partial charge in [-0.3, -0.25) is 4.98 Å². The van der Waals surface area contributed by atoms with Crippen LogP contribution in [0.5, 0.6) is 0 Å². The molecule has 0 aliphatic heterocycles. The number of nitrogens with zero attached hydrogens (tertiary/aromatic N) is 2. The van der Waals surface area contributed by atoms with Crippen molar-refractivity contribution >= 4 is 17.1 Å². The Balaban J connectivity index is 2.37. The average molecular weight is 199 g/mol. The van der Waals surface area contributed by atoms with Crippen molar-refractivity contribution in [1.82, 2.24) is 4.98 Å². The van der Waals surface area contributed by atoms with Gasteiger partial charge in [0.05, 0.1) is 23.3 Å². The number of benzene rings is 1. The maximum atomic E-state index is 5.90. The summed E-state index contributed by atoms with van der Waals surface area (Å²) in [4.78, 5) is 6.09. The molecule has 0 unspecified atom stereocenters. The van der Waals surface area contributed by atoms with Crippen LogP contribution < -0.4 is 10.6 Å². The van der Waals surface area contributed by atoms with Crippen LogP contribution in [0.25, 0.3) is 0 Å². The van der Waals surface area contributed by atoms with Gasteiger partial charge in [0.25, 0.3) is 0 Å². The van der Waals surface area contributed by atoms with Crippen LogP contribution >= 0.6 is 0 Å². The Bertz CT molecular complexity index is 440. The van der Waals surface area contributed by atoms with Gasteiger partial charge in [0.15, 0.2) is 0 Å². The number of pyridine rings is 1. The normalized spacial score (nSPS) is 9.93. The Labute approximate surface area is 89.2 Å². The molecule has 0 fully saturated rings. The molecule has 2 rings (SSSR count). The van der Waals surface area contributed by atoms with E-state index in [9.17, 15) is 0 Å². The van der Waals surface area contributed by atoms with E-state index in [1.54, 1.807) is 6.20 Å². The highest BCUT2D eigenvalue weighted by atomic mass is 15.1.